The molecule has 0 radical (unpaired) electrons. The van der Waals surface area contributed by atoms with Gasteiger partial charge in [-0.05, 0) is 23.8 Å². The number of hydrogen-bond donors (Lipinski definition) is 2. The van der Waals surface area contributed by atoms with E-state index in [2.05, 4.69) is 34.9 Å². The van der Waals surface area contributed by atoms with E-state index in [4.69, 9.17) is 4.74 Å². The number of fused-ring (bicyclic) bond motifs is 1. The average molecular weight is 294 g/mol. The van der Waals surface area contributed by atoms with Crippen LogP contribution < -0.4 is 10.6 Å². The van der Waals surface area contributed by atoms with Crippen molar-refractivity contribution in [3.05, 3.63) is 29.8 Å². The van der Waals surface area contributed by atoms with Crippen molar-refractivity contribution in [3.8, 4) is 0 Å². The van der Waals surface area contributed by atoms with Crippen LogP contribution >= 0.6 is 11.8 Å². The van der Waals surface area contributed by atoms with Crippen LogP contribution in [-0.4, -0.2) is 38.5 Å². The lowest BCUT2D eigenvalue weighted by atomic mass is 10.0. The van der Waals surface area contributed by atoms with E-state index in [0.717, 1.165) is 12.2 Å². The molecule has 1 aromatic rings. The highest BCUT2D eigenvalue weighted by atomic mass is 32.2. The third-order valence-electron chi connectivity index (χ3n) is 3.33. The summed E-state index contributed by atoms with van der Waals surface area (Å²) in [6, 6.07) is 8.89. The summed E-state index contributed by atoms with van der Waals surface area (Å²) in [7, 11) is 1.63. The van der Waals surface area contributed by atoms with Crippen molar-refractivity contribution in [2.75, 3.05) is 32.6 Å². The van der Waals surface area contributed by atoms with E-state index < -0.39 is 0 Å². The Bertz CT molecular complexity index is 440. The number of nitrogens with one attached hydrogen (secondary N) is 2. The first-order valence-electron chi connectivity index (χ1n) is 7.02. The minimum absolute atomic E-state index is 0.0769. The number of thioether (sulfide) groups is 1. The van der Waals surface area contributed by atoms with Crippen LogP contribution in [0.15, 0.2) is 29.2 Å². The maximum atomic E-state index is 11.6. The predicted molar refractivity (Wildman–Crippen MR) is 82.0 cm³/mol. The fraction of sp³-hybridized carbons (Fsp3) is 0.533. The first-order valence-corrected chi connectivity index (χ1v) is 8.00. The number of rotatable bonds is 7. The molecule has 0 aromatic heterocycles. The molecule has 1 heterocycles. The number of methoxy groups -OCH3 is 1. The molecule has 1 amide bonds. The number of ether oxygens (including phenoxy) is 1. The third kappa shape index (κ3) is 4.51. The molecule has 1 atom stereocenters. The van der Waals surface area contributed by atoms with Crippen molar-refractivity contribution in [1.82, 2.24) is 10.6 Å². The smallest absolute Gasteiger partial charge is 0.221 e. The molecule has 2 N–H and O–H groups in total. The summed E-state index contributed by atoms with van der Waals surface area (Å²) in [5.41, 5.74) is 1.36. The van der Waals surface area contributed by atoms with Crippen LogP contribution in [-0.2, 0) is 9.53 Å². The largest absolute Gasteiger partial charge is 0.383 e. The first kappa shape index (κ1) is 15.4. The zero-order valence-corrected chi connectivity index (χ0v) is 12.7. The van der Waals surface area contributed by atoms with E-state index in [0.29, 0.717) is 32.2 Å². The molecule has 0 spiro atoms. The topological polar surface area (TPSA) is 50.4 Å². The Morgan fingerprint density at radius 2 is 2.25 bits per heavy atom. The lowest BCUT2D eigenvalue weighted by Gasteiger charge is -2.25. The summed E-state index contributed by atoms with van der Waals surface area (Å²) in [5.74, 6) is 1.21. The number of carbonyl (C=O) groups is 1. The quantitative estimate of drug-likeness (QED) is 0.755. The Balaban J connectivity index is 1.74. The Labute approximate surface area is 124 Å². The number of amides is 1. The van der Waals surface area contributed by atoms with Gasteiger partial charge in [0, 0.05) is 37.6 Å². The van der Waals surface area contributed by atoms with Gasteiger partial charge in [-0.3, -0.25) is 4.79 Å². The van der Waals surface area contributed by atoms with Crippen molar-refractivity contribution in [2.24, 2.45) is 0 Å². The third-order valence-corrected chi connectivity index (χ3v) is 4.45. The van der Waals surface area contributed by atoms with Crippen LogP contribution in [0, 0.1) is 0 Å². The Morgan fingerprint density at radius 1 is 1.40 bits per heavy atom. The van der Waals surface area contributed by atoms with Crippen molar-refractivity contribution < 1.29 is 9.53 Å². The van der Waals surface area contributed by atoms with E-state index in [-0.39, 0.29) is 5.91 Å². The summed E-state index contributed by atoms with van der Waals surface area (Å²) in [5, 5.41) is 6.33. The molecule has 1 aliphatic heterocycles. The molecule has 0 saturated carbocycles. The number of carbonyl (C=O) groups excluding carboxylic acids is 1. The summed E-state index contributed by atoms with van der Waals surface area (Å²) >= 11 is 1.91. The van der Waals surface area contributed by atoms with E-state index in [9.17, 15) is 4.79 Å². The molecule has 0 bridgehead atoms. The Morgan fingerprint density at radius 3 is 3.10 bits per heavy atom. The normalized spacial score (nSPS) is 17.6. The maximum absolute atomic E-state index is 11.6. The van der Waals surface area contributed by atoms with Gasteiger partial charge in [-0.2, -0.15) is 0 Å². The minimum atomic E-state index is 0.0769. The van der Waals surface area contributed by atoms with Gasteiger partial charge >= 0.3 is 0 Å². The molecule has 0 fully saturated rings. The molecular weight excluding hydrogens is 272 g/mol. The Hall–Kier alpha value is -1.04. The van der Waals surface area contributed by atoms with Gasteiger partial charge in [0.05, 0.1) is 6.61 Å². The van der Waals surface area contributed by atoms with Gasteiger partial charge in [0.25, 0.3) is 0 Å². The predicted octanol–water partition coefficient (Wildman–Crippen LogP) is 1.97. The first-order chi connectivity index (χ1) is 9.81. The van der Waals surface area contributed by atoms with Crippen molar-refractivity contribution in [3.63, 3.8) is 0 Å². The number of benzene rings is 1. The molecule has 2 rings (SSSR count). The second-order valence-corrected chi connectivity index (χ2v) is 5.91. The molecule has 20 heavy (non-hydrogen) atoms. The summed E-state index contributed by atoms with van der Waals surface area (Å²) in [6.45, 7) is 1.85. The second-order valence-electron chi connectivity index (χ2n) is 4.77. The van der Waals surface area contributed by atoms with Gasteiger partial charge in [0.2, 0.25) is 5.91 Å². The van der Waals surface area contributed by atoms with E-state index >= 15 is 0 Å². The van der Waals surface area contributed by atoms with Crippen LogP contribution in [0.2, 0.25) is 0 Å². The van der Waals surface area contributed by atoms with E-state index in [1.807, 2.05) is 11.8 Å². The summed E-state index contributed by atoms with van der Waals surface area (Å²) < 4.78 is 4.90. The highest BCUT2D eigenvalue weighted by Crippen LogP contribution is 2.35. The molecule has 0 saturated heterocycles. The fourth-order valence-corrected chi connectivity index (χ4v) is 3.42. The lowest BCUT2D eigenvalue weighted by Crippen LogP contribution is -2.32. The van der Waals surface area contributed by atoms with Crippen molar-refractivity contribution in [1.29, 1.82) is 0 Å². The van der Waals surface area contributed by atoms with Crippen molar-refractivity contribution in [2.45, 2.75) is 23.8 Å². The monoisotopic (exact) mass is 294 g/mol. The van der Waals surface area contributed by atoms with Crippen LogP contribution in [0.4, 0.5) is 0 Å². The van der Waals surface area contributed by atoms with Crippen LogP contribution in [0.1, 0.15) is 24.4 Å². The highest BCUT2D eigenvalue weighted by molar-refractivity contribution is 7.99. The molecule has 110 valence electrons. The summed E-state index contributed by atoms with van der Waals surface area (Å²) in [6.07, 6.45) is 1.63. The molecule has 0 aliphatic carbocycles. The van der Waals surface area contributed by atoms with Gasteiger partial charge in [-0.15, -0.1) is 11.8 Å². The minimum Gasteiger partial charge on any atom is -0.383 e. The van der Waals surface area contributed by atoms with Gasteiger partial charge < -0.3 is 15.4 Å². The second kappa shape index (κ2) is 8.29. The number of hydrogen-bond acceptors (Lipinski definition) is 4. The molecule has 1 aromatic carbocycles. The van der Waals surface area contributed by atoms with Gasteiger partial charge in [0.15, 0.2) is 0 Å². The highest BCUT2D eigenvalue weighted by Gasteiger charge is 2.19. The van der Waals surface area contributed by atoms with E-state index in [1.54, 1.807) is 7.11 Å². The van der Waals surface area contributed by atoms with Gasteiger partial charge in [-0.25, -0.2) is 0 Å². The SMILES string of the molecule is COCCNC(=O)CCNC1CCSc2ccccc21. The standard InChI is InChI=1S/C15H22N2O2S/c1-19-10-9-17-15(18)6-8-16-13-7-11-20-14-5-3-2-4-12(13)14/h2-5,13,16H,6-11H2,1H3,(H,17,18). The van der Waals surface area contributed by atoms with Crippen molar-refractivity contribution >= 4 is 17.7 Å². The average Bonchev–Trinajstić information content (AvgIpc) is 2.48. The molecular formula is C15H22N2O2S. The fourth-order valence-electron chi connectivity index (χ4n) is 2.29. The van der Waals surface area contributed by atoms with Crippen LogP contribution in [0.5, 0.6) is 0 Å². The molecule has 1 aliphatic rings. The Kier molecular flexibility index (Phi) is 6.36. The van der Waals surface area contributed by atoms with Crippen LogP contribution in [0.25, 0.3) is 0 Å². The van der Waals surface area contributed by atoms with Gasteiger partial charge in [0.1, 0.15) is 0 Å². The maximum Gasteiger partial charge on any atom is 0.221 e. The molecule has 5 heteroatoms. The lowest BCUT2D eigenvalue weighted by molar-refractivity contribution is -0.121. The summed E-state index contributed by atoms with van der Waals surface area (Å²) in [4.78, 5) is 13.0. The molecule has 1 unspecified atom stereocenters. The van der Waals surface area contributed by atoms with Gasteiger partial charge in [-0.1, -0.05) is 18.2 Å². The zero-order valence-electron chi connectivity index (χ0n) is 11.9. The van der Waals surface area contributed by atoms with E-state index in [1.165, 1.54) is 10.5 Å². The zero-order chi connectivity index (χ0) is 14.2. The molecule has 4 nitrogen and oxygen atoms in total. The van der Waals surface area contributed by atoms with Crippen LogP contribution in [0.3, 0.4) is 0 Å².